The van der Waals surface area contributed by atoms with Gasteiger partial charge in [-0.15, -0.1) is 0 Å². The van der Waals surface area contributed by atoms with Gasteiger partial charge in [0, 0.05) is 11.6 Å². The Bertz CT molecular complexity index is 1660. The van der Waals surface area contributed by atoms with Crippen molar-refractivity contribution < 1.29 is 23.6 Å². The second-order valence-corrected chi connectivity index (χ2v) is 11.7. The number of fused-ring (bicyclic) bond motifs is 11. The Morgan fingerprint density at radius 1 is 0.615 bits per heavy atom. The number of nitrogens with zero attached hydrogens (tertiary/aromatic N) is 3. The van der Waals surface area contributed by atoms with Crippen LogP contribution in [0.25, 0.3) is 22.6 Å². The van der Waals surface area contributed by atoms with Gasteiger partial charge in [0.05, 0.1) is 35.0 Å². The van der Waals surface area contributed by atoms with Crippen molar-refractivity contribution >= 4 is 46.1 Å². The number of oxazole rings is 1. The first kappa shape index (κ1) is 21.6. The normalized spacial score (nSPS) is 35.4. The first-order chi connectivity index (χ1) is 19.0. The highest BCUT2D eigenvalue weighted by molar-refractivity contribution is 6.24. The third-order valence-corrected chi connectivity index (χ3v) is 9.94. The molecular formula is C31H23N3O5. The summed E-state index contributed by atoms with van der Waals surface area (Å²) in [7, 11) is 0. The Labute approximate surface area is 223 Å². The fourth-order valence-electron chi connectivity index (χ4n) is 8.24. The van der Waals surface area contributed by atoms with E-state index in [1.54, 1.807) is 42.5 Å². The summed E-state index contributed by atoms with van der Waals surface area (Å²) in [6, 6.07) is 12.3. The quantitative estimate of drug-likeness (QED) is 0.383. The van der Waals surface area contributed by atoms with E-state index in [4.69, 9.17) is 4.42 Å². The Hall–Kier alpha value is -4.33. The maximum atomic E-state index is 13.2. The molecule has 1 aromatic heterocycles. The minimum atomic E-state index is -0.257. The summed E-state index contributed by atoms with van der Waals surface area (Å²) in [6.45, 7) is 0. The molecule has 4 bridgehead atoms. The van der Waals surface area contributed by atoms with E-state index in [0.717, 1.165) is 12.8 Å². The summed E-state index contributed by atoms with van der Waals surface area (Å²) in [5.74, 6) is -0.435. The number of benzene rings is 2. The number of anilines is 2. The Kier molecular flexibility index (Phi) is 3.98. The molecule has 2 saturated carbocycles. The SMILES string of the molecule is O=C1C2C3C=CC(C3)C2C(=O)N1c1ccc(-c2nc3ccc(N4C(=O)C5C6C=CC(C6)C5C4=O)cc3o2)cc1. The Morgan fingerprint density at radius 3 is 1.59 bits per heavy atom. The molecule has 4 amide bonds. The molecule has 4 fully saturated rings. The van der Waals surface area contributed by atoms with Crippen molar-refractivity contribution in [2.75, 3.05) is 9.80 Å². The molecular weight excluding hydrogens is 494 g/mol. The van der Waals surface area contributed by atoms with E-state index in [2.05, 4.69) is 29.3 Å². The standard InChI is InChI=1S/C31H23N3O5/c35-28-23-15-1-2-16(11-15)24(23)29(36)33(28)19-7-5-14(6-8-19)27-32-21-10-9-20(13-22(21)39-27)34-30(37)25-17-3-4-18(12-17)26(25)31(34)38/h1-10,13,15-18,23-26H,11-12H2. The van der Waals surface area contributed by atoms with Crippen LogP contribution in [0.3, 0.4) is 0 Å². The molecule has 9 rings (SSSR count). The molecule has 3 heterocycles. The van der Waals surface area contributed by atoms with Crippen LogP contribution in [0.5, 0.6) is 0 Å². The molecule has 2 aromatic carbocycles. The van der Waals surface area contributed by atoms with Crippen LogP contribution >= 0.6 is 0 Å². The lowest BCUT2D eigenvalue weighted by atomic mass is 9.85. The third-order valence-electron chi connectivity index (χ3n) is 9.94. The Morgan fingerprint density at radius 2 is 1.08 bits per heavy atom. The lowest BCUT2D eigenvalue weighted by Crippen LogP contribution is -2.32. The van der Waals surface area contributed by atoms with Crippen LogP contribution in [0.1, 0.15) is 12.8 Å². The number of carbonyl (C=O) groups is 4. The highest BCUT2D eigenvalue weighted by atomic mass is 16.3. The van der Waals surface area contributed by atoms with Crippen LogP contribution < -0.4 is 9.80 Å². The fraction of sp³-hybridized carbons (Fsp3) is 0.323. The number of rotatable bonds is 3. The maximum Gasteiger partial charge on any atom is 0.238 e. The van der Waals surface area contributed by atoms with Gasteiger partial charge >= 0.3 is 0 Å². The van der Waals surface area contributed by atoms with E-state index in [1.165, 1.54) is 9.80 Å². The van der Waals surface area contributed by atoms with E-state index in [-0.39, 0.29) is 71.0 Å². The van der Waals surface area contributed by atoms with Crippen molar-refractivity contribution in [2.45, 2.75) is 12.8 Å². The van der Waals surface area contributed by atoms with Crippen LogP contribution in [0.15, 0.2) is 71.2 Å². The summed E-state index contributed by atoms with van der Waals surface area (Å²) in [5, 5.41) is 0. The van der Waals surface area contributed by atoms with E-state index < -0.39 is 0 Å². The number of aromatic nitrogens is 1. The largest absolute Gasteiger partial charge is 0.436 e. The number of hydrogen-bond acceptors (Lipinski definition) is 6. The number of carbonyl (C=O) groups excluding carboxylic acids is 4. The van der Waals surface area contributed by atoms with Crippen molar-refractivity contribution in [3.63, 3.8) is 0 Å². The van der Waals surface area contributed by atoms with Crippen LogP contribution in [-0.2, 0) is 19.2 Å². The van der Waals surface area contributed by atoms with Gasteiger partial charge < -0.3 is 4.42 Å². The highest BCUT2D eigenvalue weighted by Gasteiger charge is 2.60. The second-order valence-electron chi connectivity index (χ2n) is 11.7. The highest BCUT2D eigenvalue weighted by Crippen LogP contribution is 2.54. The van der Waals surface area contributed by atoms with Gasteiger partial charge in [0.1, 0.15) is 5.52 Å². The molecule has 39 heavy (non-hydrogen) atoms. The van der Waals surface area contributed by atoms with E-state index in [1.807, 2.05) is 0 Å². The van der Waals surface area contributed by atoms with Gasteiger partial charge in [-0.25, -0.2) is 9.88 Å². The monoisotopic (exact) mass is 517 g/mol. The van der Waals surface area contributed by atoms with Gasteiger partial charge in [0.25, 0.3) is 0 Å². The van der Waals surface area contributed by atoms with Crippen molar-refractivity contribution in [1.82, 2.24) is 4.98 Å². The van der Waals surface area contributed by atoms with Gasteiger partial charge in [-0.2, -0.15) is 0 Å². The zero-order valence-corrected chi connectivity index (χ0v) is 20.8. The number of amides is 4. The summed E-state index contributed by atoms with van der Waals surface area (Å²) >= 11 is 0. The van der Waals surface area contributed by atoms with Crippen molar-refractivity contribution in [3.05, 3.63) is 66.8 Å². The molecule has 4 aliphatic carbocycles. The lowest BCUT2D eigenvalue weighted by Gasteiger charge is -2.17. The van der Waals surface area contributed by atoms with Crippen molar-refractivity contribution in [2.24, 2.45) is 47.3 Å². The zero-order chi connectivity index (χ0) is 26.2. The van der Waals surface area contributed by atoms with E-state index in [9.17, 15) is 19.2 Å². The van der Waals surface area contributed by atoms with Gasteiger partial charge in [-0.3, -0.25) is 24.1 Å². The molecule has 2 aliphatic heterocycles. The fourth-order valence-corrected chi connectivity index (χ4v) is 8.24. The lowest BCUT2D eigenvalue weighted by molar-refractivity contribution is -0.124. The van der Waals surface area contributed by atoms with Crippen molar-refractivity contribution in [3.8, 4) is 11.5 Å². The molecule has 0 N–H and O–H groups in total. The summed E-state index contributed by atoms with van der Waals surface area (Å²) in [4.78, 5) is 59.9. The van der Waals surface area contributed by atoms with E-state index >= 15 is 0 Å². The summed E-state index contributed by atoms with van der Waals surface area (Å²) in [6.07, 6.45) is 10.1. The van der Waals surface area contributed by atoms with Gasteiger partial charge in [0.2, 0.25) is 29.5 Å². The average Bonchev–Trinajstić information content (AvgIpc) is 3.79. The van der Waals surface area contributed by atoms with Crippen LogP contribution in [0.2, 0.25) is 0 Å². The first-order valence-corrected chi connectivity index (χ1v) is 13.6. The molecule has 0 spiro atoms. The number of imide groups is 2. The molecule has 8 nitrogen and oxygen atoms in total. The molecule has 2 saturated heterocycles. The number of hydrogen-bond donors (Lipinski definition) is 0. The van der Waals surface area contributed by atoms with Crippen LogP contribution in [0, 0.1) is 47.3 Å². The average molecular weight is 518 g/mol. The topological polar surface area (TPSA) is 101 Å². The smallest absolute Gasteiger partial charge is 0.238 e. The van der Waals surface area contributed by atoms with Crippen molar-refractivity contribution in [1.29, 1.82) is 0 Å². The second kappa shape index (κ2) is 7.20. The molecule has 8 atom stereocenters. The summed E-state index contributed by atoms with van der Waals surface area (Å²) < 4.78 is 6.05. The minimum Gasteiger partial charge on any atom is -0.436 e. The zero-order valence-electron chi connectivity index (χ0n) is 20.8. The van der Waals surface area contributed by atoms with Gasteiger partial charge in [0.15, 0.2) is 5.58 Å². The molecule has 192 valence electrons. The molecule has 8 heteroatoms. The predicted molar refractivity (Wildman–Crippen MR) is 140 cm³/mol. The Balaban J connectivity index is 0.997. The van der Waals surface area contributed by atoms with E-state index in [0.29, 0.717) is 33.9 Å². The van der Waals surface area contributed by atoms with Crippen LogP contribution in [-0.4, -0.2) is 28.6 Å². The molecule has 8 unspecified atom stereocenters. The van der Waals surface area contributed by atoms with Gasteiger partial charge in [-0.1, -0.05) is 24.3 Å². The van der Waals surface area contributed by atoms with Gasteiger partial charge in [-0.05, 0) is 72.9 Å². The third kappa shape index (κ3) is 2.66. The first-order valence-electron chi connectivity index (χ1n) is 13.6. The summed E-state index contributed by atoms with van der Waals surface area (Å²) in [5.41, 5.74) is 2.85. The molecule has 6 aliphatic rings. The predicted octanol–water partition coefficient (Wildman–Crippen LogP) is 4.12. The molecule has 0 radical (unpaired) electrons. The molecule has 3 aromatic rings. The number of allylic oxidation sites excluding steroid dienone is 4. The minimum absolute atomic E-state index is 0.108. The maximum absolute atomic E-state index is 13.2. The van der Waals surface area contributed by atoms with Crippen LogP contribution in [0.4, 0.5) is 11.4 Å².